The van der Waals surface area contributed by atoms with Crippen molar-refractivity contribution in [2.24, 2.45) is 0 Å². The Morgan fingerprint density at radius 1 is 1.31 bits per heavy atom. The van der Waals surface area contributed by atoms with Crippen molar-refractivity contribution in [1.29, 1.82) is 0 Å². The van der Waals surface area contributed by atoms with Gasteiger partial charge in [-0.1, -0.05) is 31.2 Å². The van der Waals surface area contributed by atoms with Crippen LogP contribution in [0.1, 0.15) is 18.1 Å². The first-order valence-electron chi connectivity index (χ1n) is 5.52. The van der Waals surface area contributed by atoms with Gasteiger partial charge in [0, 0.05) is 0 Å². The van der Waals surface area contributed by atoms with Gasteiger partial charge in [-0.25, -0.2) is 0 Å². The Morgan fingerprint density at radius 3 is 2.31 bits per heavy atom. The molecule has 16 heavy (non-hydrogen) atoms. The molecular weight excluding hydrogens is 202 g/mol. The molecule has 0 unspecified atom stereocenters. The number of carbonyl (C=O) groups is 1. The maximum absolute atomic E-state index is 11.1. The second-order valence-corrected chi connectivity index (χ2v) is 4.14. The quantitative estimate of drug-likeness (QED) is 0.824. The zero-order valence-electron chi connectivity index (χ0n) is 10.1. The van der Waals surface area contributed by atoms with Crippen molar-refractivity contribution in [2.75, 3.05) is 14.1 Å². The lowest BCUT2D eigenvalue weighted by Gasteiger charge is -2.21. The summed E-state index contributed by atoms with van der Waals surface area (Å²) < 4.78 is 0. The molecule has 0 aliphatic carbocycles. The van der Waals surface area contributed by atoms with Crippen molar-refractivity contribution >= 4 is 5.97 Å². The molecule has 1 rings (SSSR count). The molecule has 3 nitrogen and oxygen atoms in total. The third-order valence-electron chi connectivity index (χ3n) is 2.82. The van der Waals surface area contributed by atoms with E-state index in [-0.39, 0.29) is 0 Å². The van der Waals surface area contributed by atoms with Crippen molar-refractivity contribution in [3.8, 4) is 0 Å². The summed E-state index contributed by atoms with van der Waals surface area (Å²) in [7, 11) is 3.60. The van der Waals surface area contributed by atoms with Gasteiger partial charge >= 0.3 is 5.97 Å². The first kappa shape index (κ1) is 12.7. The number of likely N-dealkylation sites (N-methyl/N-ethyl adjacent to an activating group) is 1. The number of benzene rings is 1. The van der Waals surface area contributed by atoms with Gasteiger partial charge in [0.05, 0.1) is 0 Å². The smallest absolute Gasteiger partial charge is 0.321 e. The maximum Gasteiger partial charge on any atom is 0.321 e. The van der Waals surface area contributed by atoms with Crippen LogP contribution in [0.3, 0.4) is 0 Å². The van der Waals surface area contributed by atoms with Gasteiger partial charge in [-0.3, -0.25) is 9.69 Å². The van der Waals surface area contributed by atoms with Gasteiger partial charge in [0.1, 0.15) is 6.04 Å². The van der Waals surface area contributed by atoms with Crippen molar-refractivity contribution in [2.45, 2.75) is 25.8 Å². The Hall–Kier alpha value is -1.35. The van der Waals surface area contributed by atoms with E-state index in [0.717, 1.165) is 12.0 Å². The lowest BCUT2D eigenvalue weighted by molar-refractivity contribution is -0.142. The maximum atomic E-state index is 11.1. The van der Waals surface area contributed by atoms with Gasteiger partial charge in [0.15, 0.2) is 0 Å². The highest BCUT2D eigenvalue weighted by atomic mass is 16.4. The number of aryl methyl sites for hydroxylation is 1. The number of hydrogen-bond donors (Lipinski definition) is 1. The second-order valence-electron chi connectivity index (χ2n) is 4.14. The standard InChI is InChI=1S/C13H19NO2/c1-4-10-7-5-6-8-11(10)9-12(13(15)16)14(2)3/h5-8,12H,4,9H2,1-3H3,(H,15,16)/t12-/m1/s1. The number of hydrogen-bond acceptors (Lipinski definition) is 2. The molecule has 0 saturated heterocycles. The van der Waals surface area contributed by atoms with Crippen LogP contribution in [-0.4, -0.2) is 36.1 Å². The van der Waals surface area contributed by atoms with Gasteiger partial charge in [-0.15, -0.1) is 0 Å². The second kappa shape index (κ2) is 5.66. The zero-order chi connectivity index (χ0) is 12.1. The fraction of sp³-hybridized carbons (Fsp3) is 0.462. The van der Waals surface area contributed by atoms with Gasteiger partial charge in [0.25, 0.3) is 0 Å². The van der Waals surface area contributed by atoms with Gasteiger partial charge in [-0.05, 0) is 38.1 Å². The SMILES string of the molecule is CCc1ccccc1C[C@H](C(=O)O)N(C)C. The number of carboxylic acid groups (broad SMARTS) is 1. The van der Waals surface area contributed by atoms with E-state index in [0.29, 0.717) is 6.42 Å². The van der Waals surface area contributed by atoms with E-state index in [4.69, 9.17) is 5.11 Å². The predicted octanol–water partition coefficient (Wildman–Crippen LogP) is 1.81. The summed E-state index contributed by atoms with van der Waals surface area (Å²) in [6, 6.07) is 7.58. The molecule has 0 saturated carbocycles. The first-order chi connectivity index (χ1) is 7.56. The molecule has 1 aromatic carbocycles. The van der Waals surface area contributed by atoms with Crippen LogP contribution in [0, 0.1) is 0 Å². The number of carboxylic acids is 1. The van der Waals surface area contributed by atoms with Crippen LogP contribution >= 0.6 is 0 Å². The van der Waals surface area contributed by atoms with Crippen LogP contribution in [-0.2, 0) is 17.6 Å². The molecule has 0 aliphatic rings. The van der Waals surface area contributed by atoms with E-state index in [2.05, 4.69) is 13.0 Å². The molecule has 88 valence electrons. The summed E-state index contributed by atoms with van der Waals surface area (Å²) >= 11 is 0. The third-order valence-corrected chi connectivity index (χ3v) is 2.82. The van der Waals surface area contributed by atoms with E-state index >= 15 is 0 Å². The lowest BCUT2D eigenvalue weighted by atomic mass is 9.98. The summed E-state index contributed by atoms with van der Waals surface area (Å²) in [5.74, 6) is -0.768. The molecule has 0 fully saturated rings. The average Bonchev–Trinajstić information content (AvgIpc) is 2.25. The zero-order valence-corrected chi connectivity index (χ0v) is 10.1. The number of aliphatic carboxylic acids is 1. The van der Waals surface area contributed by atoms with Crippen LogP contribution in [0.25, 0.3) is 0 Å². The Labute approximate surface area is 96.7 Å². The summed E-state index contributed by atoms with van der Waals surface area (Å²) in [6.45, 7) is 2.09. The fourth-order valence-corrected chi connectivity index (χ4v) is 1.80. The minimum Gasteiger partial charge on any atom is -0.480 e. The molecule has 1 N–H and O–H groups in total. The largest absolute Gasteiger partial charge is 0.480 e. The van der Waals surface area contributed by atoms with Crippen LogP contribution in [0.15, 0.2) is 24.3 Å². The van der Waals surface area contributed by atoms with Gasteiger partial charge < -0.3 is 5.11 Å². The van der Waals surface area contributed by atoms with E-state index in [1.54, 1.807) is 19.0 Å². The Bertz CT molecular complexity index is 361. The van der Waals surface area contributed by atoms with E-state index in [1.165, 1.54) is 5.56 Å². The topological polar surface area (TPSA) is 40.5 Å². The molecule has 3 heteroatoms. The Balaban J connectivity index is 2.89. The normalized spacial score (nSPS) is 12.8. The molecule has 1 atom stereocenters. The first-order valence-corrected chi connectivity index (χ1v) is 5.52. The molecule has 0 aromatic heterocycles. The summed E-state index contributed by atoms with van der Waals surface area (Å²) in [4.78, 5) is 12.8. The molecule has 0 spiro atoms. The number of rotatable bonds is 5. The van der Waals surface area contributed by atoms with Crippen molar-refractivity contribution in [3.05, 3.63) is 35.4 Å². The van der Waals surface area contributed by atoms with E-state index in [9.17, 15) is 4.79 Å². The van der Waals surface area contributed by atoms with Crippen LogP contribution < -0.4 is 0 Å². The number of nitrogens with zero attached hydrogens (tertiary/aromatic N) is 1. The molecule has 0 aliphatic heterocycles. The molecule has 0 amide bonds. The molecular formula is C13H19NO2. The van der Waals surface area contributed by atoms with Gasteiger partial charge in [0.2, 0.25) is 0 Å². The summed E-state index contributed by atoms with van der Waals surface area (Å²) in [5.41, 5.74) is 2.36. The minimum absolute atomic E-state index is 0.451. The lowest BCUT2D eigenvalue weighted by Crippen LogP contribution is -2.37. The highest BCUT2D eigenvalue weighted by molar-refractivity contribution is 5.73. The van der Waals surface area contributed by atoms with Crippen LogP contribution in [0.5, 0.6) is 0 Å². The Morgan fingerprint density at radius 2 is 1.88 bits per heavy atom. The third kappa shape index (κ3) is 3.07. The summed E-state index contributed by atoms with van der Waals surface area (Å²) in [5, 5.41) is 9.13. The Kier molecular flexibility index (Phi) is 4.50. The van der Waals surface area contributed by atoms with Crippen molar-refractivity contribution in [1.82, 2.24) is 4.90 Å². The van der Waals surface area contributed by atoms with Crippen LogP contribution in [0.4, 0.5) is 0 Å². The molecule has 0 radical (unpaired) electrons. The van der Waals surface area contributed by atoms with Crippen molar-refractivity contribution < 1.29 is 9.90 Å². The van der Waals surface area contributed by atoms with Crippen LogP contribution in [0.2, 0.25) is 0 Å². The molecule has 1 aromatic rings. The highest BCUT2D eigenvalue weighted by Crippen LogP contribution is 2.13. The average molecular weight is 221 g/mol. The van der Waals surface area contributed by atoms with Crippen molar-refractivity contribution in [3.63, 3.8) is 0 Å². The molecule has 0 heterocycles. The summed E-state index contributed by atoms with van der Waals surface area (Å²) in [6.07, 6.45) is 1.50. The predicted molar refractivity (Wildman–Crippen MR) is 64.6 cm³/mol. The minimum atomic E-state index is -0.768. The highest BCUT2D eigenvalue weighted by Gasteiger charge is 2.20. The van der Waals surface area contributed by atoms with Gasteiger partial charge in [-0.2, -0.15) is 0 Å². The fourth-order valence-electron chi connectivity index (χ4n) is 1.80. The monoisotopic (exact) mass is 221 g/mol. The van der Waals surface area contributed by atoms with E-state index in [1.807, 2.05) is 18.2 Å². The molecule has 0 bridgehead atoms. The van der Waals surface area contributed by atoms with E-state index < -0.39 is 12.0 Å².